The minimum atomic E-state index is -0.576. The first-order chi connectivity index (χ1) is 11.5. The Kier molecular flexibility index (Phi) is 6.31. The molecule has 2 rings (SSSR count). The number of thioether (sulfide) groups is 1. The number of nitrogens with one attached hydrogen (secondary N) is 2. The third-order valence-electron chi connectivity index (χ3n) is 3.45. The van der Waals surface area contributed by atoms with Crippen molar-refractivity contribution in [3.05, 3.63) is 53.0 Å². The van der Waals surface area contributed by atoms with E-state index in [0.29, 0.717) is 24.8 Å². The van der Waals surface area contributed by atoms with Gasteiger partial charge in [0.05, 0.1) is 6.54 Å². The second-order valence-corrected chi connectivity index (χ2v) is 6.07. The SMILES string of the molecule is CN=C(NCc1ccc(C(N)=O)o1)NCc1ccc(C)cc1SC. The molecule has 24 heavy (non-hydrogen) atoms. The molecule has 0 aliphatic carbocycles. The summed E-state index contributed by atoms with van der Waals surface area (Å²) in [5.74, 6) is 0.846. The summed E-state index contributed by atoms with van der Waals surface area (Å²) in [5, 5.41) is 6.42. The number of guanidine groups is 1. The fourth-order valence-corrected chi connectivity index (χ4v) is 2.88. The maximum Gasteiger partial charge on any atom is 0.284 e. The molecule has 1 amide bonds. The first-order valence-electron chi connectivity index (χ1n) is 7.50. The van der Waals surface area contributed by atoms with Crippen LogP contribution < -0.4 is 16.4 Å². The lowest BCUT2D eigenvalue weighted by atomic mass is 10.1. The molecule has 0 fully saturated rings. The number of carbonyl (C=O) groups excluding carboxylic acids is 1. The van der Waals surface area contributed by atoms with E-state index in [1.54, 1.807) is 30.9 Å². The van der Waals surface area contributed by atoms with Crippen LogP contribution in [0.15, 0.2) is 44.6 Å². The van der Waals surface area contributed by atoms with E-state index >= 15 is 0 Å². The van der Waals surface area contributed by atoms with Gasteiger partial charge in [0.25, 0.3) is 5.91 Å². The Morgan fingerprint density at radius 1 is 1.25 bits per heavy atom. The lowest BCUT2D eigenvalue weighted by molar-refractivity contribution is 0.0972. The van der Waals surface area contributed by atoms with E-state index in [0.717, 1.165) is 0 Å². The van der Waals surface area contributed by atoms with E-state index in [9.17, 15) is 4.79 Å². The van der Waals surface area contributed by atoms with Crippen molar-refractivity contribution < 1.29 is 9.21 Å². The van der Waals surface area contributed by atoms with Crippen LogP contribution in [0.2, 0.25) is 0 Å². The number of primary amides is 1. The fourth-order valence-electron chi connectivity index (χ4n) is 2.17. The molecule has 4 N–H and O–H groups in total. The van der Waals surface area contributed by atoms with Crippen LogP contribution >= 0.6 is 11.8 Å². The van der Waals surface area contributed by atoms with Crippen LogP contribution in [-0.4, -0.2) is 25.2 Å². The largest absolute Gasteiger partial charge is 0.454 e. The average molecular weight is 346 g/mol. The van der Waals surface area contributed by atoms with Crippen molar-refractivity contribution in [2.75, 3.05) is 13.3 Å². The van der Waals surface area contributed by atoms with Gasteiger partial charge in [-0.1, -0.05) is 12.1 Å². The zero-order chi connectivity index (χ0) is 17.5. The van der Waals surface area contributed by atoms with Crippen molar-refractivity contribution in [3.8, 4) is 0 Å². The molecule has 128 valence electrons. The molecule has 1 aromatic carbocycles. The fraction of sp³-hybridized carbons (Fsp3) is 0.294. The number of amides is 1. The summed E-state index contributed by atoms with van der Waals surface area (Å²) in [4.78, 5) is 16.5. The normalized spacial score (nSPS) is 11.4. The highest BCUT2D eigenvalue weighted by atomic mass is 32.2. The molecule has 2 aromatic rings. The Bertz CT molecular complexity index is 740. The number of nitrogens with zero attached hydrogens (tertiary/aromatic N) is 1. The van der Waals surface area contributed by atoms with Gasteiger partial charge in [0.2, 0.25) is 0 Å². The first-order valence-corrected chi connectivity index (χ1v) is 8.72. The number of hydrogen-bond acceptors (Lipinski definition) is 4. The second-order valence-electron chi connectivity index (χ2n) is 5.22. The van der Waals surface area contributed by atoms with Crippen molar-refractivity contribution in [2.24, 2.45) is 10.7 Å². The Morgan fingerprint density at radius 3 is 2.62 bits per heavy atom. The quantitative estimate of drug-likeness (QED) is 0.424. The summed E-state index contributed by atoms with van der Waals surface area (Å²) >= 11 is 1.73. The van der Waals surface area contributed by atoms with E-state index in [2.05, 4.69) is 47.0 Å². The van der Waals surface area contributed by atoms with Crippen LogP contribution in [-0.2, 0) is 13.1 Å². The summed E-state index contributed by atoms with van der Waals surface area (Å²) in [5.41, 5.74) is 7.63. The van der Waals surface area contributed by atoms with Crippen molar-refractivity contribution in [1.29, 1.82) is 0 Å². The lowest BCUT2D eigenvalue weighted by Gasteiger charge is -2.13. The molecule has 0 bridgehead atoms. The molecule has 0 aliphatic rings. The minimum Gasteiger partial charge on any atom is -0.454 e. The summed E-state index contributed by atoms with van der Waals surface area (Å²) in [6.45, 7) is 3.16. The number of benzene rings is 1. The van der Waals surface area contributed by atoms with Crippen LogP contribution in [0.1, 0.15) is 27.4 Å². The van der Waals surface area contributed by atoms with Gasteiger partial charge in [-0.05, 0) is 42.5 Å². The van der Waals surface area contributed by atoms with Crippen LogP contribution in [0.5, 0.6) is 0 Å². The third kappa shape index (κ3) is 4.79. The summed E-state index contributed by atoms with van der Waals surface area (Å²) in [7, 11) is 1.71. The highest BCUT2D eigenvalue weighted by molar-refractivity contribution is 7.98. The second kappa shape index (κ2) is 8.44. The van der Waals surface area contributed by atoms with Crippen molar-refractivity contribution in [3.63, 3.8) is 0 Å². The number of carbonyl (C=O) groups is 1. The molecular formula is C17H22N4O2S. The molecule has 0 radical (unpaired) electrons. The number of furan rings is 1. The van der Waals surface area contributed by atoms with Gasteiger partial charge < -0.3 is 20.8 Å². The maximum atomic E-state index is 11.0. The zero-order valence-electron chi connectivity index (χ0n) is 14.1. The van der Waals surface area contributed by atoms with Crippen LogP contribution in [0, 0.1) is 6.92 Å². The summed E-state index contributed by atoms with van der Waals surface area (Å²) in [6, 6.07) is 9.67. The van der Waals surface area contributed by atoms with Gasteiger partial charge in [0, 0.05) is 18.5 Å². The van der Waals surface area contributed by atoms with Gasteiger partial charge >= 0.3 is 0 Å². The molecule has 0 saturated heterocycles. The molecule has 6 nitrogen and oxygen atoms in total. The Balaban J connectivity index is 1.91. The molecule has 0 aliphatic heterocycles. The van der Waals surface area contributed by atoms with Crippen LogP contribution in [0.3, 0.4) is 0 Å². The number of aliphatic imine (C=N–C) groups is 1. The summed E-state index contributed by atoms with van der Waals surface area (Å²) in [6.07, 6.45) is 2.07. The molecule has 0 atom stereocenters. The van der Waals surface area contributed by atoms with Gasteiger partial charge in [-0.25, -0.2) is 0 Å². The molecule has 0 spiro atoms. The Labute approximate surface area is 145 Å². The smallest absolute Gasteiger partial charge is 0.284 e. The number of nitrogens with two attached hydrogens (primary N) is 1. The standard InChI is InChI=1S/C17H22N4O2S/c1-11-4-5-12(15(8-11)24-3)9-20-17(19-2)21-10-13-6-7-14(23-13)16(18)22/h4-8H,9-10H2,1-3H3,(H2,18,22)(H2,19,20,21). The topological polar surface area (TPSA) is 92.6 Å². The lowest BCUT2D eigenvalue weighted by Crippen LogP contribution is -2.36. The maximum absolute atomic E-state index is 11.0. The Hall–Kier alpha value is -2.41. The predicted octanol–water partition coefficient (Wildman–Crippen LogP) is 2.27. The molecule has 0 saturated carbocycles. The van der Waals surface area contributed by atoms with E-state index in [-0.39, 0.29) is 5.76 Å². The van der Waals surface area contributed by atoms with E-state index in [1.165, 1.54) is 16.0 Å². The third-order valence-corrected chi connectivity index (χ3v) is 4.27. The number of rotatable bonds is 6. The van der Waals surface area contributed by atoms with Crippen molar-refractivity contribution in [1.82, 2.24) is 10.6 Å². The molecule has 1 aromatic heterocycles. The zero-order valence-corrected chi connectivity index (χ0v) is 14.9. The van der Waals surface area contributed by atoms with E-state index in [1.807, 2.05) is 0 Å². The molecule has 1 heterocycles. The highest BCUT2D eigenvalue weighted by Crippen LogP contribution is 2.21. The predicted molar refractivity (Wildman–Crippen MR) is 97.2 cm³/mol. The minimum absolute atomic E-state index is 0.152. The Morgan fingerprint density at radius 2 is 2.00 bits per heavy atom. The number of hydrogen-bond donors (Lipinski definition) is 3. The van der Waals surface area contributed by atoms with Gasteiger partial charge in [-0.15, -0.1) is 11.8 Å². The molecular weight excluding hydrogens is 324 g/mol. The van der Waals surface area contributed by atoms with Crippen molar-refractivity contribution >= 4 is 23.6 Å². The highest BCUT2D eigenvalue weighted by Gasteiger charge is 2.08. The monoisotopic (exact) mass is 346 g/mol. The van der Waals surface area contributed by atoms with Crippen LogP contribution in [0.25, 0.3) is 0 Å². The van der Waals surface area contributed by atoms with E-state index in [4.69, 9.17) is 10.2 Å². The first kappa shape index (κ1) is 17.9. The van der Waals surface area contributed by atoms with Gasteiger partial charge in [0.15, 0.2) is 11.7 Å². The van der Waals surface area contributed by atoms with Gasteiger partial charge in [0.1, 0.15) is 5.76 Å². The van der Waals surface area contributed by atoms with Crippen molar-refractivity contribution in [2.45, 2.75) is 24.9 Å². The number of aryl methyl sites for hydroxylation is 1. The summed E-state index contributed by atoms with van der Waals surface area (Å²) < 4.78 is 5.33. The van der Waals surface area contributed by atoms with Crippen LogP contribution in [0.4, 0.5) is 0 Å². The van der Waals surface area contributed by atoms with Gasteiger partial charge in [-0.2, -0.15) is 0 Å². The van der Waals surface area contributed by atoms with E-state index < -0.39 is 5.91 Å². The molecule has 0 unspecified atom stereocenters. The molecule has 7 heteroatoms. The average Bonchev–Trinajstić information content (AvgIpc) is 3.05. The van der Waals surface area contributed by atoms with Gasteiger partial charge in [-0.3, -0.25) is 9.79 Å².